The Morgan fingerprint density at radius 3 is 2.00 bits per heavy atom. The van der Waals surface area contributed by atoms with Crippen LogP contribution >= 0.6 is 11.3 Å². The van der Waals surface area contributed by atoms with Gasteiger partial charge in [0.1, 0.15) is 0 Å². The maximum atomic E-state index is 2.31. The van der Waals surface area contributed by atoms with E-state index in [-0.39, 0.29) is 5.43 Å². The molecule has 0 N–H and O–H groups in total. The predicted molar refractivity (Wildman–Crippen MR) is 121 cm³/mol. The summed E-state index contributed by atoms with van der Waals surface area (Å²) < 4.78 is 0. The third-order valence-corrected chi connectivity index (χ3v) is 5.37. The van der Waals surface area contributed by atoms with Crippen molar-refractivity contribution in [1.82, 2.24) is 0 Å². The van der Waals surface area contributed by atoms with Gasteiger partial charge in [-0.1, -0.05) is 45.4 Å². The number of thiophene rings is 1. The van der Waals surface area contributed by atoms with Gasteiger partial charge in [-0.3, -0.25) is 0 Å². The molecule has 3 heteroatoms. The molecular formula is C24H28SSiZr. The van der Waals surface area contributed by atoms with E-state index in [0.29, 0.717) is 0 Å². The summed E-state index contributed by atoms with van der Waals surface area (Å²) in [5.74, 6) is 0. The van der Waals surface area contributed by atoms with Crippen LogP contribution in [0.4, 0.5) is 0 Å². The van der Waals surface area contributed by atoms with Crippen LogP contribution in [0, 0.1) is 27.7 Å². The minimum Gasteiger partial charge on any atom is -0.196 e. The van der Waals surface area contributed by atoms with Crippen molar-refractivity contribution in [2.24, 2.45) is 0 Å². The molecule has 4 aromatic rings. The van der Waals surface area contributed by atoms with Crippen LogP contribution in [0.25, 0.3) is 21.9 Å². The van der Waals surface area contributed by atoms with Crippen LogP contribution in [-0.4, -0.2) is 5.43 Å². The molecule has 0 aliphatic heterocycles. The molecule has 0 saturated heterocycles. The molecule has 0 fully saturated rings. The smallest absolute Gasteiger partial charge is 0.00956 e. The summed E-state index contributed by atoms with van der Waals surface area (Å²) in [4.78, 5) is 0. The third-order valence-electron chi connectivity index (χ3n) is 4.69. The van der Waals surface area contributed by atoms with Crippen molar-refractivity contribution in [2.45, 2.75) is 40.8 Å². The number of hydrogen-bond donors (Lipinski definition) is 0. The van der Waals surface area contributed by atoms with Crippen LogP contribution in [0.2, 0.25) is 13.1 Å². The van der Waals surface area contributed by atoms with Gasteiger partial charge in [0, 0.05) is 0 Å². The molecule has 0 radical (unpaired) electrons. The van der Waals surface area contributed by atoms with Crippen molar-refractivity contribution in [3.8, 4) is 11.1 Å². The topological polar surface area (TPSA) is 0 Å². The number of aryl methyl sites for hydroxylation is 2. The SMILES string of the molecule is C[Si](C)=[Zr+2].Cc1[cH-]c(C)c(C)c1C.c1ccc2c(-c3ccsc3)c[cH-]c2c1. The summed E-state index contributed by atoms with van der Waals surface area (Å²) in [6, 6.07) is 17.3. The first kappa shape index (κ1) is 22.3. The second-order valence-corrected chi connectivity index (χ2v) is 17.3. The van der Waals surface area contributed by atoms with Crippen LogP contribution < -0.4 is 0 Å². The molecule has 138 valence electrons. The molecule has 0 aliphatic carbocycles. The zero-order valence-electron chi connectivity index (χ0n) is 17.2. The Kier molecular flexibility index (Phi) is 8.66. The molecule has 0 saturated carbocycles. The van der Waals surface area contributed by atoms with E-state index in [2.05, 4.69) is 100 Å². The normalized spacial score (nSPS) is 10.1. The standard InChI is InChI=1S/C13H9S.C9H13.C2H6Si.Zr/c1-2-4-12-10(3-1)5-6-13(12)11-7-8-14-9-11;1-6-5-7(2)9(4)8(6)3;1-3-2;/h1-9H;5H,1-4H3;1-2H3;/q2*-1;;+2. The Morgan fingerprint density at radius 1 is 0.926 bits per heavy atom. The van der Waals surface area contributed by atoms with Gasteiger partial charge in [0.2, 0.25) is 0 Å². The van der Waals surface area contributed by atoms with E-state index in [0.717, 1.165) is 0 Å². The van der Waals surface area contributed by atoms with Crippen LogP contribution in [0.1, 0.15) is 22.3 Å². The molecular weight excluding hydrogens is 440 g/mol. The zero-order chi connectivity index (χ0) is 20.0. The van der Waals surface area contributed by atoms with Gasteiger partial charge < -0.3 is 0 Å². The van der Waals surface area contributed by atoms with E-state index in [4.69, 9.17) is 0 Å². The zero-order valence-corrected chi connectivity index (χ0v) is 21.5. The molecule has 0 aliphatic rings. The summed E-state index contributed by atoms with van der Waals surface area (Å²) in [5, 5.41) is 7.00. The molecule has 0 atom stereocenters. The van der Waals surface area contributed by atoms with Crippen LogP contribution in [-0.2, 0) is 23.3 Å². The fraction of sp³-hybridized carbons (Fsp3) is 0.250. The first-order chi connectivity index (χ1) is 12.8. The maximum absolute atomic E-state index is 2.31. The Balaban J connectivity index is 0.000000174. The fourth-order valence-electron chi connectivity index (χ4n) is 2.95. The van der Waals surface area contributed by atoms with Gasteiger partial charge in [-0.25, -0.2) is 0 Å². The first-order valence-corrected chi connectivity index (χ1v) is 16.3. The first-order valence-electron chi connectivity index (χ1n) is 9.20. The minimum absolute atomic E-state index is 0.210. The van der Waals surface area contributed by atoms with Crippen molar-refractivity contribution in [3.05, 3.63) is 81.5 Å². The van der Waals surface area contributed by atoms with E-state index in [9.17, 15) is 0 Å². The van der Waals surface area contributed by atoms with Crippen LogP contribution in [0.5, 0.6) is 0 Å². The number of fused-ring (bicyclic) bond motifs is 1. The van der Waals surface area contributed by atoms with Crippen molar-refractivity contribution in [3.63, 3.8) is 0 Å². The molecule has 27 heavy (non-hydrogen) atoms. The Labute approximate surface area is 183 Å². The summed E-state index contributed by atoms with van der Waals surface area (Å²) in [6.45, 7) is 13.3. The van der Waals surface area contributed by atoms with Gasteiger partial charge in [0.25, 0.3) is 0 Å². The molecule has 0 unspecified atom stereocenters. The van der Waals surface area contributed by atoms with E-state index in [1.165, 1.54) is 44.2 Å². The molecule has 1 heterocycles. The van der Waals surface area contributed by atoms with Gasteiger partial charge in [-0.05, 0) is 10.8 Å². The number of benzene rings is 1. The molecule has 0 spiro atoms. The van der Waals surface area contributed by atoms with Gasteiger partial charge in [0.15, 0.2) is 0 Å². The van der Waals surface area contributed by atoms with E-state index in [1.807, 2.05) is 0 Å². The van der Waals surface area contributed by atoms with Crippen molar-refractivity contribution >= 4 is 27.5 Å². The Bertz CT molecular complexity index is 976. The van der Waals surface area contributed by atoms with Gasteiger partial charge in [-0.2, -0.15) is 39.7 Å². The monoisotopic (exact) mass is 466 g/mol. The fourth-order valence-corrected chi connectivity index (χ4v) is 3.61. The van der Waals surface area contributed by atoms with E-state index in [1.54, 1.807) is 34.7 Å². The summed E-state index contributed by atoms with van der Waals surface area (Å²) in [5.41, 5.74) is 8.63. The van der Waals surface area contributed by atoms with Gasteiger partial charge in [0.05, 0.1) is 0 Å². The number of rotatable bonds is 1. The maximum Gasteiger partial charge on any atom is -0.00956 e. The van der Waals surface area contributed by atoms with Crippen molar-refractivity contribution < 1.29 is 23.3 Å². The Morgan fingerprint density at radius 2 is 1.52 bits per heavy atom. The predicted octanol–water partition coefficient (Wildman–Crippen LogP) is 7.71. The van der Waals surface area contributed by atoms with E-state index < -0.39 is 0 Å². The summed E-state index contributed by atoms with van der Waals surface area (Å²) in [6.07, 6.45) is 0. The molecule has 1 aromatic heterocycles. The number of hydrogen-bond acceptors (Lipinski definition) is 1. The van der Waals surface area contributed by atoms with Gasteiger partial charge >= 0.3 is 41.9 Å². The average Bonchev–Trinajstić information content (AvgIpc) is 3.33. The van der Waals surface area contributed by atoms with Crippen LogP contribution in [0.3, 0.4) is 0 Å². The van der Waals surface area contributed by atoms with Crippen molar-refractivity contribution in [2.75, 3.05) is 0 Å². The molecule has 3 aromatic carbocycles. The summed E-state index contributed by atoms with van der Waals surface area (Å²) in [7, 11) is 0. The molecule has 4 rings (SSSR count). The average molecular weight is 468 g/mol. The minimum atomic E-state index is 0.210. The molecule has 0 nitrogen and oxygen atoms in total. The summed E-state index contributed by atoms with van der Waals surface area (Å²) >= 11 is 3.48. The molecule has 0 amide bonds. The van der Waals surface area contributed by atoms with Gasteiger partial charge in [-0.15, -0.1) is 46.7 Å². The van der Waals surface area contributed by atoms with E-state index >= 15 is 0 Å². The second kappa shape index (κ2) is 10.5. The quantitative estimate of drug-likeness (QED) is 0.199. The van der Waals surface area contributed by atoms with Crippen LogP contribution in [0.15, 0.2) is 59.3 Å². The van der Waals surface area contributed by atoms with Crippen molar-refractivity contribution in [1.29, 1.82) is 0 Å². The second-order valence-electron chi connectivity index (χ2n) is 7.11. The largest absolute Gasteiger partial charge is 0.196 e. The Hall–Kier alpha value is -1.02. The molecule has 0 bridgehead atoms. The third kappa shape index (κ3) is 6.24.